The van der Waals surface area contributed by atoms with Crippen molar-refractivity contribution < 1.29 is 9.90 Å². The van der Waals surface area contributed by atoms with E-state index in [9.17, 15) is 9.90 Å². The van der Waals surface area contributed by atoms with Crippen molar-refractivity contribution in [2.24, 2.45) is 17.6 Å². The lowest BCUT2D eigenvalue weighted by Gasteiger charge is -2.42. The molecule has 1 fully saturated rings. The predicted molar refractivity (Wildman–Crippen MR) is 145 cm³/mol. The van der Waals surface area contributed by atoms with Gasteiger partial charge in [-0.15, -0.1) is 0 Å². The molecule has 1 aliphatic carbocycles. The number of aliphatic carboxylic acids is 1. The number of carboxylic acids is 1. The zero-order chi connectivity index (χ0) is 24.5. The Morgan fingerprint density at radius 2 is 1.62 bits per heavy atom. The van der Waals surface area contributed by atoms with Crippen molar-refractivity contribution >= 4 is 5.97 Å². The standard InChI is InChI=1S/C31H51NO2/c1-2-3-4-5-6-7-8-9-10-13-18-27(21-24-32)28(25-30(33)34)26-31(22-16-12-17-23-31)29-19-14-11-15-20-29/h7-8,11,14-15,19-20,27-28H,2-6,9-10,12-13,16-18,21-26,32H2,1H3,(H,33,34). The quantitative estimate of drug-likeness (QED) is 0.167. The number of benzene rings is 1. The summed E-state index contributed by atoms with van der Waals surface area (Å²) in [5.74, 6) is -0.0489. The molecule has 1 aromatic rings. The van der Waals surface area contributed by atoms with Gasteiger partial charge in [-0.25, -0.2) is 0 Å². The minimum atomic E-state index is -0.656. The van der Waals surface area contributed by atoms with E-state index in [4.69, 9.17) is 5.73 Å². The number of carboxylic acid groups (broad SMARTS) is 1. The van der Waals surface area contributed by atoms with Gasteiger partial charge in [-0.1, -0.05) is 101 Å². The van der Waals surface area contributed by atoms with Crippen molar-refractivity contribution in [1.82, 2.24) is 0 Å². The highest BCUT2D eigenvalue weighted by Gasteiger charge is 2.38. The highest BCUT2D eigenvalue weighted by Crippen LogP contribution is 2.46. The van der Waals surface area contributed by atoms with Crippen LogP contribution >= 0.6 is 0 Å². The second-order valence-electron chi connectivity index (χ2n) is 10.7. The van der Waals surface area contributed by atoms with Crippen LogP contribution in [0, 0.1) is 11.8 Å². The lowest BCUT2D eigenvalue weighted by molar-refractivity contribution is -0.138. The number of carbonyl (C=O) groups is 1. The predicted octanol–water partition coefficient (Wildman–Crippen LogP) is 8.42. The first kappa shape index (κ1) is 28.6. The van der Waals surface area contributed by atoms with E-state index in [0.29, 0.717) is 12.5 Å². The van der Waals surface area contributed by atoms with Gasteiger partial charge in [0.1, 0.15) is 0 Å². The van der Waals surface area contributed by atoms with Crippen LogP contribution in [0.1, 0.15) is 122 Å². The van der Waals surface area contributed by atoms with Crippen molar-refractivity contribution in [2.45, 2.75) is 121 Å². The van der Waals surface area contributed by atoms with E-state index in [1.54, 1.807) is 0 Å². The van der Waals surface area contributed by atoms with E-state index in [1.807, 2.05) is 0 Å². The van der Waals surface area contributed by atoms with Crippen LogP contribution in [0.3, 0.4) is 0 Å². The Kier molecular flexibility index (Phi) is 14.2. The van der Waals surface area contributed by atoms with Crippen LogP contribution in [0.25, 0.3) is 0 Å². The summed E-state index contributed by atoms with van der Waals surface area (Å²) in [6.45, 7) is 2.90. The molecule has 1 saturated carbocycles. The Morgan fingerprint density at radius 3 is 2.24 bits per heavy atom. The Labute approximate surface area is 209 Å². The van der Waals surface area contributed by atoms with Gasteiger partial charge in [0, 0.05) is 6.42 Å². The molecule has 1 aromatic carbocycles. The lowest BCUT2D eigenvalue weighted by Crippen LogP contribution is -2.35. The molecule has 0 spiro atoms. The van der Waals surface area contributed by atoms with Crippen molar-refractivity contribution in [3.63, 3.8) is 0 Å². The fraction of sp³-hybridized carbons (Fsp3) is 0.710. The van der Waals surface area contributed by atoms with E-state index < -0.39 is 5.97 Å². The third-order valence-electron chi connectivity index (χ3n) is 8.08. The fourth-order valence-corrected chi connectivity index (χ4v) is 6.19. The smallest absolute Gasteiger partial charge is 0.303 e. The zero-order valence-electron chi connectivity index (χ0n) is 21.9. The highest BCUT2D eigenvalue weighted by atomic mass is 16.4. The summed E-state index contributed by atoms with van der Waals surface area (Å²) in [5.41, 5.74) is 7.59. The van der Waals surface area contributed by atoms with Gasteiger partial charge in [-0.05, 0) is 80.7 Å². The van der Waals surface area contributed by atoms with Crippen LogP contribution in [-0.4, -0.2) is 17.6 Å². The molecule has 0 aromatic heterocycles. The molecule has 2 atom stereocenters. The number of hydrogen-bond acceptors (Lipinski definition) is 2. The van der Waals surface area contributed by atoms with Crippen molar-refractivity contribution in [3.8, 4) is 0 Å². The summed E-state index contributed by atoms with van der Waals surface area (Å²) in [5, 5.41) is 9.79. The summed E-state index contributed by atoms with van der Waals surface area (Å²) in [4.78, 5) is 11.9. The first-order chi connectivity index (χ1) is 16.6. The molecule has 0 saturated heterocycles. The molecule has 34 heavy (non-hydrogen) atoms. The number of nitrogens with two attached hydrogens (primary N) is 1. The number of rotatable bonds is 18. The van der Waals surface area contributed by atoms with Crippen LogP contribution in [-0.2, 0) is 10.2 Å². The van der Waals surface area contributed by atoms with Gasteiger partial charge in [0.25, 0.3) is 0 Å². The average Bonchev–Trinajstić information content (AvgIpc) is 2.85. The van der Waals surface area contributed by atoms with Gasteiger partial charge in [-0.2, -0.15) is 0 Å². The molecule has 2 rings (SSSR count). The molecule has 192 valence electrons. The van der Waals surface area contributed by atoms with Crippen LogP contribution in [0.4, 0.5) is 0 Å². The summed E-state index contributed by atoms with van der Waals surface area (Å²) >= 11 is 0. The third-order valence-corrected chi connectivity index (χ3v) is 8.08. The maximum absolute atomic E-state index is 11.9. The summed E-state index contributed by atoms with van der Waals surface area (Å²) in [7, 11) is 0. The van der Waals surface area contributed by atoms with E-state index >= 15 is 0 Å². The largest absolute Gasteiger partial charge is 0.481 e. The summed E-state index contributed by atoms with van der Waals surface area (Å²) < 4.78 is 0. The second-order valence-corrected chi connectivity index (χ2v) is 10.7. The SMILES string of the molecule is CCCCCCC=CCCCCC(CCN)C(CC(=O)O)CC1(c2ccccc2)CCCCC1. The molecule has 0 heterocycles. The highest BCUT2D eigenvalue weighted by molar-refractivity contribution is 5.67. The molecule has 0 radical (unpaired) electrons. The van der Waals surface area contributed by atoms with E-state index in [1.165, 1.54) is 82.6 Å². The Bertz CT molecular complexity index is 678. The maximum Gasteiger partial charge on any atom is 0.303 e. The van der Waals surface area contributed by atoms with E-state index in [0.717, 1.165) is 25.7 Å². The van der Waals surface area contributed by atoms with Crippen LogP contribution < -0.4 is 5.73 Å². The normalized spacial score (nSPS) is 17.6. The number of allylic oxidation sites excluding steroid dienone is 2. The number of unbranched alkanes of at least 4 members (excludes halogenated alkanes) is 6. The Hall–Kier alpha value is -1.61. The second kappa shape index (κ2) is 16.9. The molecule has 0 amide bonds. The third kappa shape index (κ3) is 10.3. The lowest BCUT2D eigenvalue weighted by atomic mass is 9.62. The van der Waals surface area contributed by atoms with Crippen molar-refractivity contribution in [2.75, 3.05) is 6.54 Å². The van der Waals surface area contributed by atoms with Crippen LogP contribution in [0.5, 0.6) is 0 Å². The zero-order valence-corrected chi connectivity index (χ0v) is 21.9. The molecule has 0 aliphatic heterocycles. The minimum Gasteiger partial charge on any atom is -0.481 e. The molecular formula is C31H51NO2. The minimum absolute atomic E-state index is 0.132. The Balaban J connectivity index is 1.97. The van der Waals surface area contributed by atoms with Gasteiger partial charge in [0.05, 0.1) is 0 Å². The maximum atomic E-state index is 11.9. The summed E-state index contributed by atoms with van der Waals surface area (Å²) in [6.07, 6.45) is 24.2. The Morgan fingerprint density at radius 1 is 0.941 bits per heavy atom. The van der Waals surface area contributed by atoms with Gasteiger partial charge < -0.3 is 10.8 Å². The van der Waals surface area contributed by atoms with E-state index in [-0.39, 0.29) is 17.8 Å². The molecule has 2 unspecified atom stereocenters. The van der Waals surface area contributed by atoms with Crippen molar-refractivity contribution in [3.05, 3.63) is 48.0 Å². The van der Waals surface area contributed by atoms with Crippen LogP contribution in [0.15, 0.2) is 42.5 Å². The van der Waals surface area contributed by atoms with Gasteiger partial charge >= 0.3 is 5.97 Å². The molecule has 1 aliphatic rings. The van der Waals surface area contributed by atoms with Crippen molar-refractivity contribution in [1.29, 1.82) is 0 Å². The van der Waals surface area contributed by atoms with E-state index in [2.05, 4.69) is 49.4 Å². The van der Waals surface area contributed by atoms with Gasteiger partial charge in [0.15, 0.2) is 0 Å². The fourth-order valence-electron chi connectivity index (χ4n) is 6.19. The molecule has 0 bridgehead atoms. The first-order valence-corrected chi connectivity index (χ1v) is 14.2. The first-order valence-electron chi connectivity index (χ1n) is 14.2. The van der Waals surface area contributed by atoms with Gasteiger partial charge in [0.2, 0.25) is 0 Å². The summed E-state index contributed by atoms with van der Waals surface area (Å²) in [6, 6.07) is 10.9. The number of hydrogen-bond donors (Lipinski definition) is 2. The average molecular weight is 470 g/mol. The molecule has 3 N–H and O–H groups in total. The topological polar surface area (TPSA) is 63.3 Å². The molecule has 3 heteroatoms. The monoisotopic (exact) mass is 469 g/mol. The molecular weight excluding hydrogens is 418 g/mol. The van der Waals surface area contributed by atoms with Crippen LogP contribution in [0.2, 0.25) is 0 Å². The molecule has 3 nitrogen and oxygen atoms in total. The van der Waals surface area contributed by atoms with Gasteiger partial charge in [-0.3, -0.25) is 4.79 Å².